The van der Waals surface area contributed by atoms with E-state index in [-0.39, 0.29) is 12.0 Å². The van der Waals surface area contributed by atoms with Crippen molar-refractivity contribution in [2.75, 3.05) is 5.32 Å². The summed E-state index contributed by atoms with van der Waals surface area (Å²) in [7, 11) is 0. The van der Waals surface area contributed by atoms with Gasteiger partial charge in [0.15, 0.2) is 0 Å². The van der Waals surface area contributed by atoms with Gasteiger partial charge in [-0.2, -0.15) is 5.26 Å². The van der Waals surface area contributed by atoms with Crippen molar-refractivity contribution in [3.63, 3.8) is 0 Å². The van der Waals surface area contributed by atoms with Gasteiger partial charge in [0.2, 0.25) is 0 Å². The van der Waals surface area contributed by atoms with Crippen molar-refractivity contribution in [3.8, 4) is 11.8 Å². The molecule has 0 unspecified atom stereocenters. The third-order valence-electron chi connectivity index (χ3n) is 4.84. The minimum absolute atomic E-state index is 0.109. The molecule has 5 nitrogen and oxygen atoms in total. The number of nitriles is 1. The van der Waals surface area contributed by atoms with Crippen molar-refractivity contribution in [3.05, 3.63) is 53.9 Å². The van der Waals surface area contributed by atoms with E-state index in [2.05, 4.69) is 21.4 Å². The summed E-state index contributed by atoms with van der Waals surface area (Å²) in [5.41, 5.74) is 0.824. The van der Waals surface area contributed by atoms with Crippen LogP contribution in [0, 0.1) is 17.2 Å². The van der Waals surface area contributed by atoms with Gasteiger partial charge in [0.1, 0.15) is 16.7 Å². The molecule has 0 saturated heterocycles. The number of nitrogens with zero attached hydrogens (tertiary/aromatic N) is 3. The van der Waals surface area contributed by atoms with Gasteiger partial charge in [-0.15, -0.1) is 0 Å². The second-order valence-corrected chi connectivity index (χ2v) is 7.16. The molecule has 0 bridgehead atoms. The highest BCUT2D eigenvalue weighted by Gasteiger charge is 2.23. The van der Waals surface area contributed by atoms with E-state index in [9.17, 15) is 0 Å². The van der Waals surface area contributed by atoms with Crippen molar-refractivity contribution in [2.45, 2.75) is 31.8 Å². The molecule has 0 aliphatic heterocycles. The molecule has 2 aromatic heterocycles. The van der Waals surface area contributed by atoms with Crippen LogP contribution in [0.15, 0.2) is 48.8 Å². The van der Waals surface area contributed by atoms with Crippen molar-refractivity contribution < 1.29 is 4.74 Å². The predicted octanol–water partition coefficient (Wildman–Crippen LogP) is 5.49. The van der Waals surface area contributed by atoms with Crippen molar-refractivity contribution >= 4 is 33.9 Å². The fourth-order valence-electron chi connectivity index (χ4n) is 3.48. The second-order valence-electron chi connectivity index (χ2n) is 6.77. The third kappa shape index (κ3) is 4.12. The summed E-state index contributed by atoms with van der Waals surface area (Å²) < 4.78 is 6.15. The van der Waals surface area contributed by atoms with Gasteiger partial charge in [-0.25, -0.2) is 9.97 Å². The van der Waals surface area contributed by atoms with E-state index in [1.54, 1.807) is 18.5 Å². The Bertz CT molecular complexity index is 984. The lowest BCUT2D eigenvalue weighted by Crippen LogP contribution is -2.24. The molecule has 3 aromatic rings. The van der Waals surface area contributed by atoms with Crippen LogP contribution in [0.2, 0.25) is 5.15 Å². The zero-order chi connectivity index (χ0) is 18.6. The highest BCUT2D eigenvalue weighted by molar-refractivity contribution is 6.29. The maximum Gasteiger partial charge on any atom is 0.138 e. The number of halogens is 1. The van der Waals surface area contributed by atoms with Crippen LogP contribution >= 0.6 is 11.6 Å². The summed E-state index contributed by atoms with van der Waals surface area (Å²) in [4.78, 5) is 8.52. The highest BCUT2D eigenvalue weighted by Crippen LogP contribution is 2.31. The average Bonchev–Trinajstić information content (AvgIpc) is 2.70. The van der Waals surface area contributed by atoms with E-state index < -0.39 is 0 Å². The zero-order valence-electron chi connectivity index (χ0n) is 14.7. The van der Waals surface area contributed by atoms with Crippen LogP contribution in [0.5, 0.6) is 5.75 Å². The zero-order valence-corrected chi connectivity index (χ0v) is 15.5. The Hall–Kier alpha value is -2.84. The molecular formula is C21H19ClN4O. The van der Waals surface area contributed by atoms with Gasteiger partial charge in [-0.05, 0) is 61.0 Å². The maximum atomic E-state index is 9.15. The van der Waals surface area contributed by atoms with E-state index in [1.165, 1.54) is 0 Å². The summed E-state index contributed by atoms with van der Waals surface area (Å²) in [6, 6.07) is 13.9. The lowest BCUT2D eigenvalue weighted by molar-refractivity contribution is 0.138. The Labute approximate surface area is 163 Å². The number of aromatic nitrogens is 2. The summed E-state index contributed by atoms with van der Waals surface area (Å²) in [5.74, 6) is 1.69. The summed E-state index contributed by atoms with van der Waals surface area (Å²) >= 11 is 5.84. The first-order valence-electron chi connectivity index (χ1n) is 9.05. The van der Waals surface area contributed by atoms with Crippen LogP contribution in [0.25, 0.3) is 10.8 Å². The molecule has 1 saturated carbocycles. The van der Waals surface area contributed by atoms with E-state index in [0.29, 0.717) is 5.15 Å². The van der Waals surface area contributed by atoms with Crippen LogP contribution in [0.3, 0.4) is 0 Å². The number of fused-ring (bicyclic) bond motifs is 1. The van der Waals surface area contributed by atoms with Gasteiger partial charge in [-0.1, -0.05) is 11.6 Å². The number of hydrogen-bond donors (Lipinski definition) is 1. The highest BCUT2D eigenvalue weighted by atomic mass is 35.5. The first kappa shape index (κ1) is 17.6. The number of anilines is 2. The monoisotopic (exact) mass is 378 g/mol. The smallest absolute Gasteiger partial charge is 0.138 e. The van der Waals surface area contributed by atoms with E-state index >= 15 is 0 Å². The number of ether oxygens (including phenoxy) is 1. The van der Waals surface area contributed by atoms with Crippen molar-refractivity contribution in [2.24, 2.45) is 5.92 Å². The van der Waals surface area contributed by atoms with Gasteiger partial charge < -0.3 is 10.1 Å². The quantitative estimate of drug-likeness (QED) is 0.608. The van der Waals surface area contributed by atoms with Gasteiger partial charge >= 0.3 is 0 Å². The number of pyridine rings is 2. The van der Waals surface area contributed by atoms with E-state index in [0.717, 1.165) is 53.7 Å². The lowest BCUT2D eigenvalue weighted by atomic mass is 9.88. The second kappa shape index (κ2) is 7.81. The van der Waals surface area contributed by atoms with Gasteiger partial charge in [0.05, 0.1) is 24.1 Å². The summed E-state index contributed by atoms with van der Waals surface area (Å²) in [6.07, 6.45) is 7.39. The molecule has 0 amide bonds. The molecule has 27 heavy (non-hydrogen) atoms. The van der Waals surface area contributed by atoms with Crippen LogP contribution in [0.1, 0.15) is 25.7 Å². The minimum atomic E-state index is 0.109. The fourth-order valence-corrected chi connectivity index (χ4v) is 3.59. The van der Waals surface area contributed by atoms with Gasteiger partial charge in [0.25, 0.3) is 0 Å². The van der Waals surface area contributed by atoms with Crippen molar-refractivity contribution in [1.82, 2.24) is 9.97 Å². The third-order valence-corrected chi connectivity index (χ3v) is 5.06. The molecule has 6 heteroatoms. The normalized spacial score (nSPS) is 19.4. The number of rotatable bonds is 4. The Kier molecular flexibility index (Phi) is 5.08. The van der Waals surface area contributed by atoms with Gasteiger partial charge in [0, 0.05) is 23.9 Å². The summed E-state index contributed by atoms with van der Waals surface area (Å²) in [6.45, 7) is 0. The summed E-state index contributed by atoms with van der Waals surface area (Å²) in [5, 5.41) is 14.9. The number of nitrogens with one attached hydrogen (secondary N) is 1. The lowest BCUT2D eigenvalue weighted by Gasteiger charge is -2.26. The molecule has 0 radical (unpaired) electrons. The van der Waals surface area contributed by atoms with E-state index in [4.69, 9.17) is 21.6 Å². The molecule has 4 rings (SSSR count). The van der Waals surface area contributed by atoms with Crippen LogP contribution < -0.4 is 10.1 Å². The Balaban J connectivity index is 1.55. The molecule has 2 heterocycles. The van der Waals surface area contributed by atoms with Gasteiger partial charge in [-0.3, -0.25) is 0 Å². The minimum Gasteiger partial charge on any atom is -0.490 e. The molecule has 1 fully saturated rings. The maximum absolute atomic E-state index is 9.15. The molecule has 1 aliphatic carbocycles. The topological polar surface area (TPSA) is 70.8 Å². The molecule has 0 spiro atoms. The Morgan fingerprint density at radius 1 is 1.15 bits per heavy atom. The van der Waals surface area contributed by atoms with Crippen LogP contribution in [-0.4, -0.2) is 16.1 Å². The Morgan fingerprint density at radius 2 is 2.07 bits per heavy atom. The SMILES string of the molecule is N#C[C@@H]1CCC[C@@H](Oc2ccc3c(Nc4ccc(Cl)nc4)nccc3c2)C1. The molecular weight excluding hydrogens is 360 g/mol. The van der Waals surface area contributed by atoms with Crippen molar-refractivity contribution in [1.29, 1.82) is 5.26 Å². The average molecular weight is 379 g/mol. The number of hydrogen-bond acceptors (Lipinski definition) is 5. The first-order chi connectivity index (χ1) is 13.2. The Morgan fingerprint density at radius 3 is 2.89 bits per heavy atom. The fraction of sp³-hybridized carbons (Fsp3) is 0.286. The molecule has 1 aromatic carbocycles. The molecule has 1 aliphatic rings. The van der Waals surface area contributed by atoms with Crippen LogP contribution in [-0.2, 0) is 0 Å². The number of benzene rings is 1. The molecule has 1 N–H and O–H groups in total. The standard InChI is InChI=1S/C21H19ClN4O/c22-20-7-4-16(13-25-20)26-21-19-6-5-18(11-15(19)8-9-24-21)27-17-3-1-2-14(10-17)12-23/h4-9,11,13-14,17H,1-3,10H2,(H,24,26)/t14-,17-/m1/s1. The van der Waals surface area contributed by atoms with E-state index in [1.807, 2.05) is 30.3 Å². The molecule has 136 valence electrons. The first-order valence-corrected chi connectivity index (χ1v) is 9.43. The molecule has 2 atom stereocenters. The van der Waals surface area contributed by atoms with Crippen LogP contribution in [0.4, 0.5) is 11.5 Å². The predicted molar refractivity (Wildman–Crippen MR) is 106 cm³/mol. The largest absolute Gasteiger partial charge is 0.490 e.